The Morgan fingerprint density at radius 3 is 2.75 bits per heavy atom. The monoisotopic (exact) mass is 220 g/mol. The lowest BCUT2D eigenvalue weighted by molar-refractivity contribution is 0.0970. The highest BCUT2D eigenvalue weighted by Gasteiger charge is 2.27. The maximum absolute atomic E-state index is 11.7. The number of carbonyl (C=O) groups is 2. The molecule has 2 rings (SSSR count). The third-order valence-electron chi connectivity index (χ3n) is 2.82. The highest BCUT2D eigenvalue weighted by atomic mass is 16.3. The molecule has 0 saturated carbocycles. The van der Waals surface area contributed by atoms with E-state index >= 15 is 0 Å². The number of nitrogens with zero attached hydrogens (tertiary/aromatic N) is 1. The number of hydrogen-bond acceptors (Lipinski definition) is 4. The predicted molar refractivity (Wildman–Crippen MR) is 56.4 cm³/mol. The SMILES string of the molecule is Cc1nc(O)c(C(N)=O)c2c1C(=O)CCC2. The van der Waals surface area contributed by atoms with Crippen molar-refractivity contribution in [1.82, 2.24) is 4.98 Å². The second-order valence-electron chi connectivity index (χ2n) is 3.89. The van der Waals surface area contributed by atoms with Crippen LogP contribution >= 0.6 is 0 Å². The molecule has 1 heterocycles. The van der Waals surface area contributed by atoms with Crippen LogP contribution in [0.4, 0.5) is 0 Å². The van der Waals surface area contributed by atoms with E-state index in [1.165, 1.54) is 0 Å². The van der Waals surface area contributed by atoms with Crippen LogP contribution in [0.3, 0.4) is 0 Å². The quantitative estimate of drug-likeness (QED) is 0.729. The fourth-order valence-corrected chi connectivity index (χ4v) is 2.18. The van der Waals surface area contributed by atoms with Crippen molar-refractivity contribution in [3.05, 3.63) is 22.4 Å². The van der Waals surface area contributed by atoms with Crippen molar-refractivity contribution in [2.75, 3.05) is 0 Å². The Balaban J connectivity index is 2.77. The van der Waals surface area contributed by atoms with Crippen LogP contribution in [-0.4, -0.2) is 21.8 Å². The Morgan fingerprint density at radius 1 is 1.44 bits per heavy atom. The highest BCUT2D eigenvalue weighted by molar-refractivity contribution is 6.05. The fourth-order valence-electron chi connectivity index (χ4n) is 2.18. The summed E-state index contributed by atoms with van der Waals surface area (Å²) in [5, 5.41) is 9.58. The van der Waals surface area contributed by atoms with Crippen molar-refractivity contribution in [2.24, 2.45) is 5.73 Å². The van der Waals surface area contributed by atoms with E-state index in [4.69, 9.17) is 5.73 Å². The van der Waals surface area contributed by atoms with Gasteiger partial charge in [0.15, 0.2) is 5.78 Å². The standard InChI is InChI=1S/C11H12N2O3/c1-5-8-6(3-2-4-7(8)14)9(10(12)15)11(16)13-5/h2-4H2,1H3,(H2,12,15)(H,13,16). The average Bonchev–Trinajstić information content (AvgIpc) is 2.15. The summed E-state index contributed by atoms with van der Waals surface area (Å²) < 4.78 is 0. The van der Waals surface area contributed by atoms with E-state index in [0.717, 1.165) is 0 Å². The summed E-state index contributed by atoms with van der Waals surface area (Å²) in [5.41, 5.74) is 6.64. The number of rotatable bonds is 1. The van der Waals surface area contributed by atoms with Crippen molar-refractivity contribution < 1.29 is 14.7 Å². The number of hydrogen-bond donors (Lipinski definition) is 2. The molecular formula is C11H12N2O3. The summed E-state index contributed by atoms with van der Waals surface area (Å²) in [6.45, 7) is 1.65. The van der Waals surface area contributed by atoms with E-state index in [0.29, 0.717) is 36.1 Å². The van der Waals surface area contributed by atoms with Crippen LogP contribution in [0.1, 0.15) is 44.8 Å². The molecule has 0 saturated heterocycles. The van der Waals surface area contributed by atoms with E-state index in [1.54, 1.807) is 6.92 Å². The van der Waals surface area contributed by atoms with Crippen LogP contribution in [0.2, 0.25) is 0 Å². The fraction of sp³-hybridized carbons (Fsp3) is 0.364. The number of fused-ring (bicyclic) bond motifs is 1. The van der Waals surface area contributed by atoms with E-state index in [9.17, 15) is 14.7 Å². The zero-order valence-corrected chi connectivity index (χ0v) is 8.91. The van der Waals surface area contributed by atoms with Crippen LogP contribution in [0.25, 0.3) is 0 Å². The summed E-state index contributed by atoms with van der Waals surface area (Å²) in [6.07, 6.45) is 1.71. The summed E-state index contributed by atoms with van der Waals surface area (Å²) in [7, 11) is 0. The van der Waals surface area contributed by atoms with Gasteiger partial charge in [-0.15, -0.1) is 0 Å². The zero-order valence-electron chi connectivity index (χ0n) is 8.91. The third-order valence-corrected chi connectivity index (χ3v) is 2.82. The van der Waals surface area contributed by atoms with Gasteiger partial charge in [0.2, 0.25) is 5.88 Å². The van der Waals surface area contributed by atoms with Gasteiger partial charge in [0.1, 0.15) is 5.56 Å². The van der Waals surface area contributed by atoms with E-state index in [-0.39, 0.29) is 17.2 Å². The zero-order chi connectivity index (χ0) is 11.9. The number of aromatic nitrogens is 1. The van der Waals surface area contributed by atoms with Gasteiger partial charge in [0.05, 0.1) is 5.69 Å². The number of primary amides is 1. The predicted octanol–water partition coefficient (Wildman–Crippen LogP) is 0.714. The molecular weight excluding hydrogens is 208 g/mol. The minimum absolute atomic E-state index is 0.00588. The van der Waals surface area contributed by atoms with Crippen molar-refractivity contribution in [2.45, 2.75) is 26.2 Å². The lowest BCUT2D eigenvalue weighted by atomic mass is 9.87. The summed E-state index contributed by atoms with van der Waals surface area (Å²) in [6, 6.07) is 0. The molecule has 5 nitrogen and oxygen atoms in total. The number of aromatic hydroxyl groups is 1. The number of carbonyl (C=O) groups excluding carboxylic acids is 2. The molecule has 3 N–H and O–H groups in total. The maximum Gasteiger partial charge on any atom is 0.254 e. The molecule has 0 fully saturated rings. The number of Topliss-reactive ketones (excluding diaryl/α,β-unsaturated/α-hetero) is 1. The Bertz CT molecular complexity index is 474. The number of nitrogens with two attached hydrogens (primary N) is 1. The van der Waals surface area contributed by atoms with Gasteiger partial charge in [-0.25, -0.2) is 4.98 Å². The molecule has 84 valence electrons. The molecule has 0 unspecified atom stereocenters. The van der Waals surface area contributed by atoms with Crippen LogP contribution in [-0.2, 0) is 6.42 Å². The minimum atomic E-state index is -0.740. The first-order valence-corrected chi connectivity index (χ1v) is 5.07. The minimum Gasteiger partial charge on any atom is -0.493 e. The topological polar surface area (TPSA) is 93.3 Å². The Kier molecular flexibility index (Phi) is 2.38. The number of pyridine rings is 1. The van der Waals surface area contributed by atoms with Gasteiger partial charge in [-0.1, -0.05) is 0 Å². The first kappa shape index (κ1) is 10.6. The molecule has 5 heteroatoms. The summed E-state index contributed by atoms with van der Waals surface area (Å²) in [5.74, 6) is -1.15. The first-order chi connectivity index (χ1) is 7.52. The Hall–Kier alpha value is -1.91. The molecule has 1 aromatic heterocycles. The summed E-state index contributed by atoms with van der Waals surface area (Å²) in [4.78, 5) is 26.7. The van der Waals surface area contributed by atoms with E-state index in [1.807, 2.05) is 0 Å². The van der Waals surface area contributed by atoms with Crippen molar-refractivity contribution in [3.8, 4) is 5.88 Å². The second kappa shape index (κ2) is 3.59. The Morgan fingerprint density at radius 2 is 2.12 bits per heavy atom. The van der Waals surface area contributed by atoms with Crippen LogP contribution in [0.5, 0.6) is 5.88 Å². The van der Waals surface area contributed by atoms with Gasteiger partial charge in [-0.3, -0.25) is 9.59 Å². The molecule has 0 spiro atoms. The van der Waals surface area contributed by atoms with Gasteiger partial charge in [0.25, 0.3) is 5.91 Å². The average molecular weight is 220 g/mol. The molecule has 1 amide bonds. The van der Waals surface area contributed by atoms with Gasteiger partial charge in [-0.2, -0.15) is 0 Å². The lowest BCUT2D eigenvalue weighted by Crippen LogP contribution is -2.22. The molecule has 0 atom stereocenters. The van der Waals surface area contributed by atoms with Crippen LogP contribution < -0.4 is 5.73 Å². The smallest absolute Gasteiger partial charge is 0.254 e. The van der Waals surface area contributed by atoms with Gasteiger partial charge < -0.3 is 10.8 Å². The maximum atomic E-state index is 11.7. The molecule has 1 aliphatic carbocycles. The van der Waals surface area contributed by atoms with Crippen molar-refractivity contribution in [3.63, 3.8) is 0 Å². The van der Waals surface area contributed by atoms with Crippen LogP contribution in [0.15, 0.2) is 0 Å². The molecule has 1 aromatic rings. The molecule has 0 radical (unpaired) electrons. The highest BCUT2D eigenvalue weighted by Crippen LogP contribution is 2.30. The third kappa shape index (κ3) is 1.44. The molecule has 0 aliphatic heterocycles. The number of ketones is 1. The van der Waals surface area contributed by atoms with E-state index < -0.39 is 5.91 Å². The van der Waals surface area contributed by atoms with Gasteiger partial charge in [-0.05, 0) is 25.3 Å². The molecule has 0 bridgehead atoms. The van der Waals surface area contributed by atoms with Crippen molar-refractivity contribution in [1.29, 1.82) is 0 Å². The molecule has 1 aliphatic rings. The Labute approximate surface area is 92.3 Å². The van der Waals surface area contributed by atoms with Crippen molar-refractivity contribution >= 4 is 11.7 Å². The number of amides is 1. The normalized spacial score (nSPS) is 14.7. The lowest BCUT2D eigenvalue weighted by Gasteiger charge is -2.19. The summed E-state index contributed by atoms with van der Waals surface area (Å²) >= 11 is 0. The first-order valence-electron chi connectivity index (χ1n) is 5.07. The second-order valence-corrected chi connectivity index (χ2v) is 3.89. The van der Waals surface area contributed by atoms with Crippen LogP contribution in [0, 0.1) is 6.92 Å². The number of aryl methyl sites for hydroxylation is 1. The largest absolute Gasteiger partial charge is 0.493 e. The van der Waals surface area contributed by atoms with E-state index in [2.05, 4.69) is 4.98 Å². The van der Waals surface area contributed by atoms with Gasteiger partial charge in [0, 0.05) is 12.0 Å². The molecule has 16 heavy (non-hydrogen) atoms. The molecule has 0 aromatic carbocycles. The van der Waals surface area contributed by atoms with Gasteiger partial charge >= 0.3 is 0 Å².